The number of aromatic hydroxyl groups is 1. The van der Waals surface area contributed by atoms with Gasteiger partial charge in [0.05, 0.1) is 18.7 Å². The van der Waals surface area contributed by atoms with Crippen LogP contribution < -0.4 is 4.74 Å². The Bertz CT molecular complexity index is 1280. The largest absolute Gasteiger partial charge is 0.504 e. The molecule has 1 unspecified atom stereocenters. The predicted molar refractivity (Wildman–Crippen MR) is 126 cm³/mol. The highest BCUT2D eigenvalue weighted by Crippen LogP contribution is 2.41. The van der Waals surface area contributed by atoms with Gasteiger partial charge in [-0.05, 0) is 56.1 Å². The standard InChI is InChI=1S/C24H23BrN2O6/c1-26(2)8-9-27-21(13-4-6-18(32-3)16(28)11-13)20(23(30)24(27)31)22(29)19-12-14-10-15(25)5-7-17(14)33-19/h4-7,10-12,21,28,30H,8-9H2,1-3H3. The number of phenols is 1. The number of Topliss-reactive ketones (excluding diaryl/α,β-unsaturated/α-hetero) is 1. The maximum Gasteiger partial charge on any atom is 0.290 e. The molecule has 1 amide bonds. The normalized spacial score (nSPS) is 16.3. The van der Waals surface area contributed by atoms with Crippen LogP contribution >= 0.6 is 15.9 Å². The molecular formula is C24H23BrN2O6. The maximum absolute atomic E-state index is 13.5. The average molecular weight is 515 g/mol. The van der Waals surface area contributed by atoms with E-state index < -0.39 is 23.5 Å². The number of carbonyl (C=O) groups is 2. The molecule has 0 fully saturated rings. The number of aliphatic hydroxyl groups excluding tert-OH is 1. The van der Waals surface area contributed by atoms with Gasteiger partial charge in [-0.1, -0.05) is 22.0 Å². The van der Waals surface area contributed by atoms with Gasteiger partial charge in [-0.2, -0.15) is 0 Å². The highest BCUT2D eigenvalue weighted by Gasteiger charge is 2.44. The molecule has 33 heavy (non-hydrogen) atoms. The molecule has 1 atom stereocenters. The van der Waals surface area contributed by atoms with Crippen LogP contribution in [0.4, 0.5) is 0 Å². The second-order valence-corrected chi connectivity index (χ2v) is 8.94. The summed E-state index contributed by atoms with van der Waals surface area (Å²) in [6.45, 7) is 0.773. The Morgan fingerprint density at radius 2 is 1.94 bits per heavy atom. The number of methoxy groups -OCH3 is 1. The van der Waals surface area contributed by atoms with Crippen molar-refractivity contribution >= 4 is 38.6 Å². The minimum Gasteiger partial charge on any atom is -0.504 e. The lowest BCUT2D eigenvalue weighted by Gasteiger charge is -2.28. The number of furan rings is 1. The van der Waals surface area contributed by atoms with Crippen molar-refractivity contribution in [1.29, 1.82) is 0 Å². The molecule has 0 bridgehead atoms. The second-order valence-electron chi connectivity index (χ2n) is 8.02. The molecule has 1 aromatic heterocycles. The summed E-state index contributed by atoms with van der Waals surface area (Å²) in [5.74, 6) is -1.75. The molecule has 2 N–H and O–H groups in total. The van der Waals surface area contributed by atoms with Crippen LogP contribution in [0.3, 0.4) is 0 Å². The fourth-order valence-corrected chi connectivity index (χ4v) is 4.29. The highest BCUT2D eigenvalue weighted by atomic mass is 79.9. The number of ether oxygens (including phenoxy) is 1. The maximum atomic E-state index is 13.5. The van der Waals surface area contributed by atoms with Crippen molar-refractivity contribution in [2.75, 3.05) is 34.3 Å². The van der Waals surface area contributed by atoms with Gasteiger partial charge in [-0.15, -0.1) is 0 Å². The van der Waals surface area contributed by atoms with Gasteiger partial charge in [0, 0.05) is 22.9 Å². The highest BCUT2D eigenvalue weighted by molar-refractivity contribution is 9.10. The first-order valence-corrected chi connectivity index (χ1v) is 11.0. The van der Waals surface area contributed by atoms with Gasteiger partial charge in [0.25, 0.3) is 5.91 Å². The number of fused-ring (bicyclic) bond motifs is 1. The van der Waals surface area contributed by atoms with Gasteiger partial charge in [0.2, 0.25) is 5.78 Å². The molecule has 9 heteroatoms. The Balaban J connectivity index is 1.80. The van der Waals surface area contributed by atoms with Crippen molar-refractivity contribution in [2.45, 2.75) is 6.04 Å². The minimum absolute atomic E-state index is 0.00893. The number of benzene rings is 2. The van der Waals surface area contributed by atoms with Gasteiger partial charge in [-0.25, -0.2) is 0 Å². The van der Waals surface area contributed by atoms with Crippen molar-refractivity contribution in [1.82, 2.24) is 9.80 Å². The molecule has 0 aliphatic carbocycles. The third-order valence-corrected chi connectivity index (χ3v) is 6.05. The molecule has 2 heterocycles. The van der Waals surface area contributed by atoms with E-state index in [2.05, 4.69) is 15.9 Å². The topological polar surface area (TPSA) is 103 Å². The Kier molecular flexibility index (Phi) is 6.18. The number of hydrogen-bond acceptors (Lipinski definition) is 7. The zero-order valence-electron chi connectivity index (χ0n) is 18.3. The molecule has 2 aromatic carbocycles. The zero-order valence-corrected chi connectivity index (χ0v) is 19.9. The second kappa shape index (κ2) is 8.92. The van der Waals surface area contributed by atoms with Gasteiger partial charge in [0.15, 0.2) is 23.0 Å². The molecule has 8 nitrogen and oxygen atoms in total. The number of ketones is 1. The van der Waals surface area contributed by atoms with Crippen LogP contribution in [0.25, 0.3) is 11.0 Å². The molecule has 172 valence electrons. The first-order chi connectivity index (χ1) is 15.7. The van der Waals surface area contributed by atoms with Gasteiger partial charge >= 0.3 is 0 Å². The van der Waals surface area contributed by atoms with Crippen molar-refractivity contribution in [3.63, 3.8) is 0 Å². The van der Waals surface area contributed by atoms with Gasteiger partial charge in [-0.3, -0.25) is 9.59 Å². The van der Waals surface area contributed by atoms with E-state index in [-0.39, 0.29) is 29.4 Å². The predicted octanol–water partition coefficient (Wildman–Crippen LogP) is 4.05. The quantitative estimate of drug-likeness (QED) is 0.458. The summed E-state index contributed by atoms with van der Waals surface area (Å²) >= 11 is 3.39. The third-order valence-electron chi connectivity index (χ3n) is 5.56. The molecule has 0 radical (unpaired) electrons. The van der Waals surface area contributed by atoms with E-state index in [4.69, 9.17) is 9.15 Å². The lowest BCUT2D eigenvalue weighted by Crippen LogP contribution is -2.36. The molecule has 0 saturated carbocycles. The van der Waals surface area contributed by atoms with Crippen LogP contribution in [-0.2, 0) is 4.79 Å². The summed E-state index contributed by atoms with van der Waals surface area (Å²) in [5.41, 5.74) is 0.877. The minimum atomic E-state index is -0.901. The summed E-state index contributed by atoms with van der Waals surface area (Å²) in [6, 6.07) is 10.7. The summed E-state index contributed by atoms with van der Waals surface area (Å²) in [5, 5.41) is 21.8. The monoisotopic (exact) mass is 514 g/mol. The molecular weight excluding hydrogens is 492 g/mol. The smallest absolute Gasteiger partial charge is 0.290 e. The number of aliphatic hydroxyl groups is 1. The fraction of sp³-hybridized carbons (Fsp3) is 0.250. The van der Waals surface area contributed by atoms with Crippen molar-refractivity contribution in [3.05, 3.63) is 69.6 Å². The lowest BCUT2D eigenvalue weighted by atomic mass is 9.94. The summed E-state index contributed by atoms with van der Waals surface area (Å²) in [7, 11) is 5.15. The van der Waals surface area contributed by atoms with E-state index in [0.29, 0.717) is 23.1 Å². The average Bonchev–Trinajstić information content (AvgIpc) is 3.30. The number of likely N-dealkylation sites (N-methyl/N-ethyl adjacent to an activating group) is 1. The van der Waals surface area contributed by atoms with E-state index in [1.165, 1.54) is 18.1 Å². The van der Waals surface area contributed by atoms with E-state index in [1.54, 1.807) is 30.3 Å². The first-order valence-electron chi connectivity index (χ1n) is 10.2. The summed E-state index contributed by atoms with van der Waals surface area (Å²) in [4.78, 5) is 29.8. The number of halogens is 1. The summed E-state index contributed by atoms with van der Waals surface area (Å²) < 4.78 is 11.7. The molecule has 0 spiro atoms. The van der Waals surface area contributed by atoms with Crippen molar-refractivity contribution in [2.24, 2.45) is 0 Å². The fourth-order valence-electron chi connectivity index (χ4n) is 3.91. The molecule has 3 aromatic rings. The number of phenolic OH excluding ortho intramolecular Hbond substituents is 1. The lowest BCUT2D eigenvalue weighted by molar-refractivity contribution is -0.129. The third kappa shape index (κ3) is 4.21. The van der Waals surface area contributed by atoms with E-state index in [9.17, 15) is 19.8 Å². The van der Waals surface area contributed by atoms with Crippen LogP contribution in [0, 0.1) is 0 Å². The Morgan fingerprint density at radius 3 is 2.61 bits per heavy atom. The molecule has 4 rings (SSSR count). The van der Waals surface area contributed by atoms with Crippen LogP contribution in [-0.4, -0.2) is 66.0 Å². The molecule has 1 aliphatic heterocycles. The number of nitrogens with zero attached hydrogens (tertiary/aromatic N) is 2. The first kappa shape index (κ1) is 22.9. The van der Waals surface area contributed by atoms with Crippen LogP contribution in [0.2, 0.25) is 0 Å². The van der Waals surface area contributed by atoms with E-state index >= 15 is 0 Å². The molecule has 0 saturated heterocycles. The van der Waals surface area contributed by atoms with E-state index in [0.717, 1.165) is 4.47 Å². The number of amides is 1. The Morgan fingerprint density at radius 1 is 1.18 bits per heavy atom. The van der Waals surface area contributed by atoms with Crippen LogP contribution in [0.5, 0.6) is 11.5 Å². The number of hydrogen-bond donors (Lipinski definition) is 2. The van der Waals surface area contributed by atoms with Gasteiger partial charge < -0.3 is 29.2 Å². The Labute approximate surface area is 198 Å². The van der Waals surface area contributed by atoms with E-state index in [1.807, 2.05) is 25.1 Å². The Hall–Kier alpha value is -3.30. The van der Waals surface area contributed by atoms with Gasteiger partial charge in [0.1, 0.15) is 5.58 Å². The van der Waals surface area contributed by atoms with Crippen molar-refractivity contribution in [3.8, 4) is 11.5 Å². The number of rotatable bonds is 7. The zero-order chi connectivity index (χ0) is 23.9. The van der Waals surface area contributed by atoms with Crippen LogP contribution in [0.15, 0.2) is 62.7 Å². The SMILES string of the molecule is COc1ccc(C2C(C(=O)c3cc4cc(Br)ccc4o3)=C(O)C(=O)N2CCN(C)C)cc1O. The summed E-state index contributed by atoms with van der Waals surface area (Å²) in [6.07, 6.45) is 0. The molecule has 1 aliphatic rings. The van der Waals surface area contributed by atoms with Crippen LogP contribution in [0.1, 0.15) is 22.2 Å². The number of carbonyl (C=O) groups excluding carboxylic acids is 2. The van der Waals surface area contributed by atoms with Crippen molar-refractivity contribution < 1.29 is 29.0 Å².